The highest BCUT2D eigenvalue weighted by Gasteiger charge is 2.27. The molecule has 1 aliphatic carbocycles. The maximum absolute atomic E-state index is 6.54. The molecule has 1 aliphatic heterocycles. The molecule has 1 saturated heterocycles. The van der Waals surface area contributed by atoms with E-state index < -0.39 is 0 Å². The molecule has 4 aromatic rings. The number of thiophene rings is 1. The number of hydrogen-bond acceptors (Lipinski definition) is 8. The number of anilines is 1. The first-order valence-corrected chi connectivity index (χ1v) is 13.3. The van der Waals surface area contributed by atoms with Crippen LogP contribution in [0.2, 0.25) is 0 Å². The summed E-state index contributed by atoms with van der Waals surface area (Å²) in [7, 11) is 1.74. The molecule has 4 N–H and O–H groups in total. The zero-order valence-electron chi connectivity index (χ0n) is 20.4. The van der Waals surface area contributed by atoms with Crippen LogP contribution in [0.3, 0.4) is 0 Å². The molecular weight excluding hydrogens is 458 g/mol. The minimum atomic E-state index is 0.519. The van der Waals surface area contributed by atoms with Crippen molar-refractivity contribution in [2.75, 3.05) is 45.6 Å². The molecule has 184 valence electrons. The second-order valence-corrected chi connectivity index (χ2v) is 10.9. The van der Waals surface area contributed by atoms with Crippen LogP contribution in [-0.4, -0.2) is 59.3 Å². The van der Waals surface area contributed by atoms with Gasteiger partial charge in [-0.25, -0.2) is 9.50 Å². The molecule has 2 fully saturated rings. The van der Waals surface area contributed by atoms with E-state index >= 15 is 0 Å². The van der Waals surface area contributed by atoms with Crippen LogP contribution in [0, 0.1) is 12.8 Å². The molecule has 0 spiro atoms. The predicted octanol–water partition coefficient (Wildman–Crippen LogP) is 3.42. The maximum atomic E-state index is 6.54. The van der Waals surface area contributed by atoms with E-state index in [-0.39, 0.29) is 0 Å². The van der Waals surface area contributed by atoms with Gasteiger partial charge < -0.3 is 21.1 Å². The van der Waals surface area contributed by atoms with E-state index in [2.05, 4.69) is 45.6 Å². The van der Waals surface area contributed by atoms with E-state index in [1.165, 1.54) is 39.9 Å². The van der Waals surface area contributed by atoms with Gasteiger partial charge >= 0.3 is 0 Å². The van der Waals surface area contributed by atoms with Crippen LogP contribution in [0.25, 0.3) is 26.0 Å². The fraction of sp³-hybridized carbons (Fsp3) is 0.462. The monoisotopic (exact) mass is 491 g/mol. The highest BCUT2D eigenvalue weighted by Crippen LogP contribution is 2.44. The number of fused-ring (bicyclic) bond motifs is 2. The molecule has 0 amide bonds. The smallest absolute Gasteiger partial charge is 0.152 e. The molecule has 4 heterocycles. The van der Waals surface area contributed by atoms with E-state index in [0.717, 1.165) is 73.3 Å². The SMILES string of the molecule is COc1cc(C)cc2cc(-c3c(CNCC4CC4)c(CN4CCNCC4)n4ncnc(N)c34)sc12. The van der Waals surface area contributed by atoms with Crippen molar-refractivity contribution in [3.05, 3.63) is 41.3 Å². The predicted molar refractivity (Wildman–Crippen MR) is 142 cm³/mol. The van der Waals surface area contributed by atoms with Crippen molar-refractivity contribution < 1.29 is 4.74 Å². The van der Waals surface area contributed by atoms with Gasteiger partial charge in [0.25, 0.3) is 0 Å². The van der Waals surface area contributed by atoms with Gasteiger partial charge in [0.15, 0.2) is 5.82 Å². The molecule has 0 bridgehead atoms. The zero-order valence-corrected chi connectivity index (χ0v) is 21.2. The molecule has 35 heavy (non-hydrogen) atoms. The Morgan fingerprint density at radius 2 is 2.06 bits per heavy atom. The number of aromatic nitrogens is 3. The topological polar surface area (TPSA) is 92.7 Å². The average molecular weight is 492 g/mol. The van der Waals surface area contributed by atoms with Crippen LogP contribution >= 0.6 is 11.3 Å². The van der Waals surface area contributed by atoms with Gasteiger partial charge in [0.2, 0.25) is 0 Å². The summed E-state index contributed by atoms with van der Waals surface area (Å²) in [6.45, 7) is 8.87. The Morgan fingerprint density at radius 3 is 2.83 bits per heavy atom. The van der Waals surface area contributed by atoms with Crippen LogP contribution in [0.1, 0.15) is 29.7 Å². The number of hydrogen-bond donors (Lipinski definition) is 3. The normalized spacial score (nSPS) is 17.0. The molecule has 0 radical (unpaired) electrons. The number of methoxy groups -OCH3 is 1. The quantitative estimate of drug-likeness (QED) is 0.348. The second kappa shape index (κ2) is 9.39. The molecule has 6 rings (SSSR count). The highest BCUT2D eigenvalue weighted by molar-refractivity contribution is 7.22. The largest absolute Gasteiger partial charge is 0.495 e. The third-order valence-corrected chi connectivity index (χ3v) is 8.35. The van der Waals surface area contributed by atoms with Crippen molar-refractivity contribution in [2.24, 2.45) is 5.92 Å². The fourth-order valence-corrected chi connectivity index (χ4v) is 6.39. The average Bonchev–Trinajstić information content (AvgIpc) is 3.51. The number of aryl methyl sites for hydroxylation is 1. The van der Waals surface area contributed by atoms with Crippen molar-refractivity contribution in [3.8, 4) is 16.2 Å². The lowest BCUT2D eigenvalue weighted by molar-refractivity contribution is 0.228. The van der Waals surface area contributed by atoms with E-state index in [9.17, 15) is 0 Å². The number of nitrogens with one attached hydrogen (secondary N) is 2. The first kappa shape index (κ1) is 22.7. The number of piperazine rings is 1. The van der Waals surface area contributed by atoms with E-state index in [0.29, 0.717) is 5.82 Å². The Kier molecular flexibility index (Phi) is 6.09. The summed E-state index contributed by atoms with van der Waals surface area (Å²) in [6.07, 6.45) is 4.24. The number of benzene rings is 1. The molecule has 3 aromatic heterocycles. The van der Waals surface area contributed by atoms with Crippen LogP contribution in [-0.2, 0) is 13.1 Å². The van der Waals surface area contributed by atoms with Crippen molar-refractivity contribution in [1.82, 2.24) is 30.1 Å². The summed E-state index contributed by atoms with van der Waals surface area (Å²) in [5.74, 6) is 2.25. The standard InChI is InChI=1S/C26H33N7OS/c1-16-9-18-11-22(35-25(18)21(10-16)34-2)23-19(13-29-12-17-3-4-17)20(14-32-7-5-28-6-8-32)33-24(23)26(27)30-15-31-33/h9-11,15,17,28-29H,3-8,12-14H2,1-2H3,(H2,27,30,31). The third-order valence-electron chi connectivity index (χ3n) is 7.17. The van der Waals surface area contributed by atoms with E-state index in [4.69, 9.17) is 15.6 Å². The number of nitrogens with two attached hydrogens (primary N) is 1. The summed E-state index contributed by atoms with van der Waals surface area (Å²) in [4.78, 5) is 8.08. The number of nitrogens with zero attached hydrogens (tertiary/aromatic N) is 4. The Morgan fingerprint density at radius 1 is 1.23 bits per heavy atom. The van der Waals surface area contributed by atoms with Gasteiger partial charge in [-0.2, -0.15) is 5.10 Å². The molecule has 1 aromatic carbocycles. The Balaban J connectivity index is 1.53. The molecule has 1 saturated carbocycles. The lowest BCUT2D eigenvalue weighted by atomic mass is 10.1. The highest BCUT2D eigenvalue weighted by atomic mass is 32.1. The summed E-state index contributed by atoms with van der Waals surface area (Å²) in [6, 6.07) is 6.60. The van der Waals surface area contributed by atoms with Crippen LogP contribution in [0.5, 0.6) is 5.75 Å². The lowest BCUT2D eigenvalue weighted by Gasteiger charge is -2.27. The molecule has 2 aliphatic rings. The molecule has 8 nitrogen and oxygen atoms in total. The van der Waals surface area contributed by atoms with E-state index in [1.54, 1.807) is 24.8 Å². The third kappa shape index (κ3) is 4.38. The fourth-order valence-electron chi connectivity index (χ4n) is 5.18. The number of rotatable bonds is 8. The molecule has 9 heteroatoms. The zero-order chi connectivity index (χ0) is 23.9. The Hall–Kier alpha value is -2.72. The Bertz CT molecular complexity index is 1370. The molecule has 0 unspecified atom stereocenters. The Labute approximate surface area is 209 Å². The van der Waals surface area contributed by atoms with Gasteiger partial charge in [-0.1, -0.05) is 6.07 Å². The lowest BCUT2D eigenvalue weighted by Crippen LogP contribution is -2.43. The van der Waals surface area contributed by atoms with Crippen LogP contribution in [0.4, 0.5) is 5.82 Å². The van der Waals surface area contributed by atoms with E-state index in [1.807, 2.05) is 4.52 Å². The van der Waals surface area contributed by atoms with Gasteiger partial charge in [0.1, 0.15) is 17.6 Å². The number of nitrogen functional groups attached to an aromatic ring is 1. The summed E-state index contributed by atoms with van der Waals surface area (Å²) < 4.78 is 8.93. The minimum Gasteiger partial charge on any atom is -0.495 e. The summed E-state index contributed by atoms with van der Waals surface area (Å²) >= 11 is 1.76. The maximum Gasteiger partial charge on any atom is 0.152 e. The first-order chi connectivity index (χ1) is 17.1. The van der Waals surface area contributed by atoms with Crippen LogP contribution < -0.4 is 21.1 Å². The van der Waals surface area contributed by atoms with Crippen molar-refractivity contribution in [3.63, 3.8) is 0 Å². The van der Waals surface area contributed by atoms with Crippen molar-refractivity contribution in [2.45, 2.75) is 32.9 Å². The van der Waals surface area contributed by atoms with Gasteiger partial charge in [0, 0.05) is 49.7 Å². The van der Waals surface area contributed by atoms with Gasteiger partial charge in [-0.05, 0) is 60.9 Å². The van der Waals surface area contributed by atoms with Gasteiger partial charge in [0.05, 0.1) is 17.5 Å². The first-order valence-electron chi connectivity index (χ1n) is 12.5. The van der Waals surface area contributed by atoms with Crippen molar-refractivity contribution >= 4 is 32.8 Å². The summed E-state index contributed by atoms with van der Waals surface area (Å²) in [5, 5.41) is 13.1. The minimum absolute atomic E-state index is 0.519. The number of ether oxygens (including phenoxy) is 1. The van der Waals surface area contributed by atoms with Gasteiger partial charge in [-0.15, -0.1) is 11.3 Å². The molecule has 0 atom stereocenters. The van der Waals surface area contributed by atoms with Gasteiger partial charge in [-0.3, -0.25) is 4.90 Å². The second-order valence-electron chi connectivity index (χ2n) is 9.80. The summed E-state index contributed by atoms with van der Waals surface area (Å²) in [5.41, 5.74) is 12.3. The molecular formula is C26H33N7OS. The van der Waals surface area contributed by atoms with Crippen molar-refractivity contribution in [1.29, 1.82) is 0 Å². The van der Waals surface area contributed by atoms with Crippen LogP contribution in [0.15, 0.2) is 24.5 Å².